The summed E-state index contributed by atoms with van der Waals surface area (Å²) in [7, 11) is 0. The molecule has 0 amide bonds. The molecule has 0 unspecified atom stereocenters. The zero-order valence-electron chi connectivity index (χ0n) is 10.6. The minimum Gasteiger partial charge on any atom is -0.489 e. The summed E-state index contributed by atoms with van der Waals surface area (Å²) in [5.74, 6) is 1.70. The standard InChI is InChI=1S/C14H18BrNO2/c1-9-10(14(16)4-2-5-14)8-11(15)13-12(9)17-6-3-7-18-13/h8H,2-7,16H2,1H3. The fourth-order valence-electron chi connectivity index (χ4n) is 2.76. The van der Waals surface area contributed by atoms with E-state index in [1.54, 1.807) is 0 Å². The lowest BCUT2D eigenvalue weighted by Crippen LogP contribution is -2.43. The fourth-order valence-corrected chi connectivity index (χ4v) is 3.28. The van der Waals surface area contributed by atoms with Crippen LogP contribution in [-0.4, -0.2) is 13.2 Å². The molecule has 1 aromatic carbocycles. The molecule has 1 saturated carbocycles. The van der Waals surface area contributed by atoms with Gasteiger partial charge in [0.05, 0.1) is 17.7 Å². The lowest BCUT2D eigenvalue weighted by Gasteiger charge is -2.40. The van der Waals surface area contributed by atoms with Crippen molar-refractivity contribution in [2.45, 2.75) is 38.1 Å². The van der Waals surface area contributed by atoms with Crippen LogP contribution in [0.4, 0.5) is 0 Å². The van der Waals surface area contributed by atoms with Crippen LogP contribution < -0.4 is 15.2 Å². The number of hydrogen-bond acceptors (Lipinski definition) is 3. The van der Waals surface area contributed by atoms with E-state index >= 15 is 0 Å². The molecule has 98 valence electrons. The quantitative estimate of drug-likeness (QED) is 0.866. The molecular formula is C14H18BrNO2. The third-order valence-electron chi connectivity index (χ3n) is 4.00. The van der Waals surface area contributed by atoms with Crippen LogP contribution in [0.25, 0.3) is 0 Å². The first-order chi connectivity index (χ1) is 8.62. The van der Waals surface area contributed by atoms with Gasteiger partial charge in [0.2, 0.25) is 0 Å². The largest absolute Gasteiger partial charge is 0.489 e. The maximum absolute atomic E-state index is 6.45. The van der Waals surface area contributed by atoms with Crippen LogP contribution in [0.15, 0.2) is 10.5 Å². The molecule has 0 aromatic heterocycles. The van der Waals surface area contributed by atoms with E-state index in [1.165, 1.54) is 12.0 Å². The summed E-state index contributed by atoms with van der Waals surface area (Å²) in [4.78, 5) is 0. The first-order valence-electron chi connectivity index (χ1n) is 6.50. The second-order valence-corrected chi connectivity index (χ2v) is 6.10. The van der Waals surface area contributed by atoms with Crippen molar-refractivity contribution in [2.24, 2.45) is 5.73 Å². The van der Waals surface area contributed by atoms with Gasteiger partial charge < -0.3 is 15.2 Å². The zero-order valence-corrected chi connectivity index (χ0v) is 12.2. The monoisotopic (exact) mass is 311 g/mol. The number of rotatable bonds is 1. The Kier molecular flexibility index (Phi) is 3.02. The zero-order chi connectivity index (χ0) is 12.8. The van der Waals surface area contributed by atoms with Gasteiger partial charge in [0.25, 0.3) is 0 Å². The molecule has 1 aliphatic heterocycles. The molecule has 2 aliphatic rings. The summed E-state index contributed by atoms with van der Waals surface area (Å²) >= 11 is 3.59. The predicted octanol–water partition coefficient (Wildman–Crippen LogP) is 3.26. The number of benzene rings is 1. The van der Waals surface area contributed by atoms with Gasteiger partial charge in [0.15, 0.2) is 11.5 Å². The van der Waals surface area contributed by atoms with Gasteiger partial charge in [-0.1, -0.05) is 0 Å². The molecular weight excluding hydrogens is 294 g/mol. The molecule has 1 heterocycles. The number of fused-ring (bicyclic) bond motifs is 1. The van der Waals surface area contributed by atoms with Crippen molar-refractivity contribution in [1.82, 2.24) is 0 Å². The van der Waals surface area contributed by atoms with Crippen molar-refractivity contribution < 1.29 is 9.47 Å². The van der Waals surface area contributed by atoms with E-state index < -0.39 is 0 Å². The Hall–Kier alpha value is -0.740. The number of hydrogen-bond donors (Lipinski definition) is 1. The van der Waals surface area contributed by atoms with Gasteiger partial charge in [-0.2, -0.15) is 0 Å². The Morgan fingerprint density at radius 3 is 2.44 bits per heavy atom. The van der Waals surface area contributed by atoms with E-state index in [-0.39, 0.29) is 5.54 Å². The SMILES string of the molecule is Cc1c(C2(N)CCC2)cc(Br)c2c1OCCCO2. The van der Waals surface area contributed by atoms with Gasteiger partial charge in [-0.25, -0.2) is 0 Å². The predicted molar refractivity (Wildman–Crippen MR) is 74.2 cm³/mol. The number of ether oxygens (including phenoxy) is 2. The van der Waals surface area contributed by atoms with Crippen LogP contribution in [-0.2, 0) is 5.54 Å². The summed E-state index contributed by atoms with van der Waals surface area (Å²) in [6.45, 7) is 3.50. The van der Waals surface area contributed by atoms with Crippen LogP contribution in [0, 0.1) is 6.92 Å². The maximum Gasteiger partial charge on any atom is 0.175 e. The van der Waals surface area contributed by atoms with Gasteiger partial charge in [0.1, 0.15) is 0 Å². The van der Waals surface area contributed by atoms with Crippen LogP contribution in [0.1, 0.15) is 36.8 Å². The average molecular weight is 312 g/mol. The second-order valence-electron chi connectivity index (χ2n) is 5.25. The normalized spacial score (nSPS) is 21.1. The minimum absolute atomic E-state index is 0.169. The third kappa shape index (κ3) is 1.82. The van der Waals surface area contributed by atoms with Crippen LogP contribution in [0.2, 0.25) is 0 Å². The smallest absolute Gasteiger partial charge is 0.175 e. The van der Waals surface area contributed by atoms with Crippen molar-refractivity contribution in [1.29, 1.82) is 0 Å². The van der Waals surface area contributed by atoms with Gasteiger partial charge in [-0.15, -0.1) is 0 Å². The van der Waals surface area contributed by atoms with Gasteiger partial charge in [-0.3, -0.25) is 0 Å². The summed E-state index contributed by atoms with van der Waals surface area (Å²) in [6.07, 6.45) is 4.24. The lowest BCUT2D eigenvalue weighted by molar-refractivity contribution is 0.249. The summed E-state index contributed by atoms with van der Waals surface area (Å²) in [5, 5.41) is 0. The molecule has 18 heavy (non-hydrogen) atoms. The number of nitrogens with two attached hydrogens (primary N) is 1. The van der Waals surface area contributed by atoms with Gasteiger partial charge in [0, 0.05) is 17.5 Å². The average Bonchev–Trinajstić information content (AvgIpc) is 2.56. The molecule has 1 fully saturated rings. The van der Waals surface area contributed by atoms with E-state index in [0.717, 1.165) is 40.8 Å². The van der Waals surface area contributed by atoms with Crippen molar-refractivity contribution in [3.63, 3.8) is 0 Å². The second kappa shape index (κ2) is 4.42. The van der Waals surface area contributed by atoms with E-state index in [1.807, 2.05) is 0 Å². The Morgan fingerprint density at radius 2 is 1.83 bits per heavy atom. The fraction of sp³-hybridized carbons (Fsp3) is 0.571. The van der Waals surface area contributed by atoms with Crippen LogP contribution in [0.3, 0.4) is 0 Å². The Bertz CT molecular complexity index is 483. The lowest BCUT2D eigenvalue weighted by atomic mass is 9.71. The molecule has 0 saturated heterocycles. The van der Waals surface area contributed by atoms with Crippen molar-refractivity contribution in [3.8, 4) is 11.5 Å². The molecule has 0 spiro atoms. The van der Waals surface area contributed by atoms with Crippen molar-refractivity contribution in [3.05, 3.63) is 21.7 Å². The molecule has 2 N–H and O–H groups in total. The summed E-state index contributed by atoms with van der Waals surface area (Å²) < 4.78 is 12.6. The van der Waals surface area contributed by atoms with E-state index in [4.69, 9.17) is 15.2 Å². The van der Waals surface area contributed by atoms with Gasteiger partial charge >= 0.3 is 0 Å². The highest BCUT2D eigenvalue weighted by atomic mass is 79.9. The maximum atomic E-state index is 6.45. The first kappa shape index (κ1) is 12.3. The summed E-state index contributed by atoms with van der Waals surface area (Å²) in [6, 6.07) is 2.11. The molecule has 3 nitrogen and oxygen atoms in total. The van der Waals surface area contributed by atoms with Crippen LogP contribution in [0.5, 0.6) is 11.5 Å². The van der Waals surface area contributed by atoms with E-state index in [0.29, 0.717) is 13.2 Å². The number of halogens is 1. The third-order valence-corrected chi connectivity index (χ3v) is 4.59. The molecule has 1 aliphatic carbocycles. The van der Waals surface area contributed by atoms with Crippen LogP contribution >= 0.6 is 15.9 Å². The molecule has 0 bridgehead atoms. The Morgan fingerprint density at radius 1 is 1.17 bits per heavy atom. The molecule has 0 radical (unpaired) electrons. The highest BCUT2D eigenvalue weighted by Gasteiger charge is 2.37. The van der Waals surface area contributed by atoms with Gasteiger partial charge in [-0.05, 0) is 53.7 Å². The molecule has 1 aromatic rings. The molecule has 3 rings (SSSR count). The Balaban J connectivity index is 2.12. The molecule has 4 heteroatoms. The summed E-state index contributed by atoms with van der Waals surface area (Å²) in [5.41, 5.74) is 8.61. The van der Waals surface area contributed by atoms with E-state index in [9.17, 15) is 0 Å². The topological polar surface area (TPSA) is 44.5 Å². The van der Waals surface area contributed by atoms with Crippen molar-refractivity contribution in [2.75, 3.05) is 13.2 Å². The Labute approximate surface area is 116 Å². The highest BCUT2D eigenvalue weighted by Crippen LogP contribution is 2.48. The van der Waals surface area contributed by atoms with E-state index in [2.05, 4.69) is 28.9 Å². The minimum atomic E-state index is -0.169. The van der Waals surface area contributed by atoms with Crippen molar-refractivity contribution >= 4 is 15.9 Å². The molecule has 0 atom stereocenters. The first-order valence-corrected chi connectivity index (χ1v) is 7.29. The highest BCUT2D eigenvalue weighted by molar-refractivity contribution is 9.10.